The quantitative estimate of drug-likeness (QED) is 0.0195. The highest BCUT2D eigenvalue weighted by Crippen LogP contribution is 2.38. The van der Waals surface area contributed by atoms with Crippen molar-refractivity contribution in [3.05, 3.63) is 158 Å². The molecule has 0 heterocycles. The van der Waals surface area contributed by atoms with Gasteiger partial charge >= 0.3 is 11.9 Å². The molecule has 0 aromatic rings. The molecule has 0 aliphatic rings. The van der Waals surface area contributed by atoms with Crippen molar-refractivity contribution >= 4 is 19.8 Å². The minimum atomic E-state index is -4.67. The van der Waals surface area contributed by atoms with Crippen LogP contribution in [0.5, 0.6) is 0 Å². The molecule has 0 spiro atoms. The smallest absolute Gasteiger partial charge is 0.306 e. The predicted molar refractivity (Wildman–Crippen MR) is 295 cm³/mol. The molecule has 0 bridgehead atoms. The highest BCUT2D eigenvalue weighted by molar-refractivity contribution is 7.45. The van der Waals surface area contributed by atoms with E-state index >= 15 is 0 Å². The maximum absolute atomic E-state index is 12.7. The summed E-state index contributed by atoms with van der Waals surface area (Å²) in [5.41, 5.74) is 0. The molecule has 9 nitrogen and oxygen atoms in total. The van der Waals surface area contributed by atoms with Crippen molar-refractivity contribution in [1.29, 1.82) is 0 Å². The number of likely N-dealkylation sites (N-methyl/N-ethyl adjacent to an activating group) is 1. The highest BCUT2D eigenvalue weighted by atomic mass is 31.2. The van der Waals surface area contributed by atoms with Crippen molar-refractivity contribution in [2.45, 2.75) is 161 Å². The standard InChI is InChI=1S/C60H94NO8P/c1-6-8-10-12-14-16-18-20-22-24-25-26-27-28-29-30-31-32-33-34-35-37-39-41-43-45-47-49-51-53-60(63)69-58(57-68-70(64,65)67-55-54-61(3,4)5)56-66-59(62)52-50-48-46-44-42-40-38-36-23-21-19-17-15-13-11-9-7-2/h8-11,14-17,20-23,25-26,28-29,31-32,34-35,38-41,45,47,58H,6-7,12-13,18-19,24,27,30,33,36-37,42-44,46,48-57H2,1-5H3/b10-8-,11-9-,16-14-,17-15-,22-20-,23-21-,26-25-,29-28-,32-31-,35-34-,40-38-,41-39-,47-45-. The molecule has 0 amide bonds. The normalized spacial score (nSPS) is 14.7. The van der Waals surface area contributed by atoms with E-state index in [0.717, 1.165) is 109 Å². The number of hydrogen-bond donors (Lipinski definition) is 0. The molecule has 0 fully saturated rings. The molecular weight excluding hydrogens is 894 g/mol. The van der Waals surface area contributed by atoms with E-state index in [-0.39, 0.29) is 26.1 Å². The first kappa shape index (κ1) is 65.6. The van der Waals surface area contributed by atoms with Crippen LogP contribution in [0.15, 0.2) is 158 Å². The van der Waals surface area contributed by atoms with E-state index in [1.165, 1.54) is 0 Å². The summed E-state index contributed by atoms with van der Waals surface area (Å²) in [6, 6.07) is 0. The molecule has 0 aliphatic carbocycles. The number of unbranched alkanes of at least 4 members (excludes halogenated alkanes) is 5. The van der Waals surface area contributed by atoms with E-state index in [4.69, 9.17) is 18.5 Å². The summed E-state index contributed by atoms with van der Waals surface area (Å²) in [6.45, 7) is 3.87. The lowest BCUT2D eigenvalue weighted by Crippen LogP contribution is -2.37. The molecule has 2 atom stereocenters. The second kappa shape index (κ2) is 49.6. The van der Waals surface area contributed by atoms with Crippen molar-refractivity contribution in [2.24, 2.45) is 0 Å². The van der Waals surface area contributed by atoms with Crippen LogP contribution in [0.2, 0.25) is 0 Å². The number of phosphoric acid groups is 1. The van der Waals surface area contributed by atoms with Crippen molar-refractivity contribution in [2.75, 3.05) is 47.5 Å². The number of ether oxygens (including phenoxy) is 2. The number of nitrogens with zero attached hydrogens (tertiary/aromatic N) is 1. The Morgan fingerprint density at radius 2 is 0.786 bits per heavy atom. The molecule has 0 aliphatic heterocycles. The fraction of sp³-hybridized carbons (Fsp3) is 0.533. The average Bonchev–Trinajstić information content (AvgIpc) is 3.32. The Morgan fingerprint density at radius 1 is 0.443 bits per heavy atom. The number of carbonyl (C=O) groups is 2. The maximum Gasteiger partial charge on any atom is 0.306 e. The van der Waals surface area contributed by atoms with Gasteiger partial charge in [0.1, 0.15) is 19.8 Å². The van der Waals surface area contributed by atoms with Gasteiger partial charge in [0.15, 0.2) is 6.10 Å². The largest absolute Gasteiger partial charge is 0.756 e. The van der Waals surface area contributed by atoms with Gasteiger partial charge < -0.3 is 27.9 Å². The van der Waals surface area contributed by atoms with Crippen LogP contribution in [0.4, 0.5) is 0 Å². The highest BCUT2D eigenvalue weighted by Gasteiger charge is 2.21. The lowest BCUT2D eigenvalue weighted by atomic mass is 10.1. The van der Waals surface area contributed by atoms with Crippen molar-refractivity contribution in [1.82, 2.24) is 0 Å². The molecule has 0 N–H and O–H groups in total. The number of allylic oxidation sites excluding steroid dienone is 26. The van der Waals surface area contributed by atoms with Crippen LogP contribution in [-0.4, -0.2) is 70.0 Å². The molecule has 0 saturated heterocycles. The van der Waals surface area contributed by atoms with Crippen LogP contribution in [0.3, 0.4) is 0 Å². The molecule has 0 radical (unpaired) electrons. The first-order valence-corrected chi connectivity index (χ1v) is 27.7. The Morgan fingerprint density at radius 3 is 1.17 bits per heavy atom. The Kier molecular flexibility index (Phi) is 46.5. The summed E-state index contributed by atoms with van der Waals surface area (Å²) in [5, 5.41) is 0. The topological polar surface area (TPSA) is 111 Å². The van der Waals surface area contributed by atoms with E-state index in [0.29, 0.717) is 30.3 Å². The third-order valence-corrected chi connectivity index (χ3v) is 11.0. The average molecular weight is 988 g/mol. The molecule has 0 aromatic carbocycles. The Hall–Kier alpha value is -4.37. The molecule has 2 unspecified atom stereocenters. The molecular formula is C60H94NO8P. The van der Waals surface area contributed by atoms with Gasteiger partial charge in [-0.15, -0.1) is 0 Å². The summed E-state index contributed by atoms with van der Waals surface area (Å²) in [5.74, 6) is -0.950. The summed E-state index contributed by atoms with van der Waals surface area (Å²) in [6.07, 6.45) is 74.3. The van der Waals surface area contributed by atoms with Crippen LogP contribution in [-0.2, 0) is 32.7 Å². The number of carbonyl (C=O) groups excluding carboxylic acids is 2. The lowest BCUT2D eigenvalue weighted by molar-refractivity contribution is -0.870. The Bertz CT molecular complexity index is 1730. The van der Waals surface area contributed by atoms with Crippen LogP contribution >= 0.6 is 7.82 Å². The zero-order chi connectivity index (χ0) is 51.3. The second-order valence-corrected chi connectivity index (χ2v) is 19.2. The number of esters is 2. The molecule has 392 valence electrons. The second-order valence-electron chi connectivity index (χ2n) is 17.8. The third-order valence-electron chi connectivity index (χ3n) is 10.0. The monoisotopic (exact) mass is 988 g/mol. The minimum Gasteiger partial charge on any atom is -0.756 e. The fourth-order valence-corrected chi connectivity index (χ4v) is 6.79. The summed E-state index contributed by atoms with van der Waals surface area (Å²) >= 11 is 0. The summed E-state index contributed by atoms with van der Waals surface area (Å²) in [7, 11) is 1.08. The zero-order valence-electron chi connectivity index (χ0n) is 44.1. The number of phosphoric ester groups is 1. The van der Waals surface area contributed by atoms with Gasteiger partial charge in [0.2, 0.25) is 0 Å². The zero-order valence-corrected chi connectivity index (χ0v) is 45.0. The van der Waals surface area contributed by atoms with Gasteiger partial charge in [-0.3, -0.25) is 14.2 Å². The maximum atomic E-state index is 12.7. The Labute approximate surface area is 426 Å². The number of rotatable bonds is 45. The molecule has 0 saturated carbocycles. The van der Waals surface area contributed by atoms with Gasteiger partial charge in [0.25, 0.3) is 7.82 Å². The minimum absolute atomic E-state index is 0.0563. The van der Waals surface area contributed by atoms with Crippen molar-refractivity contribution < 1.29 is 42.1 Å². The van der Waals surface area contributed by atoms with Gasteiger partial charge in [0, 0.05) is 12.8 Å². The first-order valence-electron chi connectivity index (χ1n) is 26.2. The van der Waals surface area contributed by atoms with Crippen LogP contribution in [0.25, 0.3) is 0 Å². The number of hydrogen-bond acceptors (Lipinski definition) is 8. The third kappa shape index (κ3) is 53.0. The van der Waals surface area contributed by atoms with E-state index in [9.17, 15) is 19.0 Å². The lowest BCUT2D eigenvalue weighted by Gasteiger charge is -2.28. The summed E-state index contributed by atoms with van der Waals surface area (Å²) in [4.78, 5) is 37.7. The van der Waals surface area contributed by atoms with E-state index < -0.39 is 32.5 Å². The van der Waals surface area contributed by atoms with Gasteiger partial charge in [-0.05, 0) is 116 Å². The van der Waals surface area contributed by atoms with Gasteiger partial charge in [-0.25, -0.2) is 0 Å². The van der Waals surface area contributed by atoms with Crippen LogP contribution in [0.1, 0.15) is 155 Å². The Balaban J connectivity index is 4.43. The predicted octanol–water partition coefficient (Wildman–Crippen LogP) is 15.5. The SMILES string of the molecule is CC/C=C\C/C=C\C/C=C\C/C=C\C/C=C\C/C=C\C/C=C\C/C=C\C/C=C\CCCC(=O)OC(COC(=O)CCCCCC/C=C\C/C=C\C/C=C\C/C=C\CC)COP(=O)([O-])OCC[N+](C)(C)C. The van der Waals surface area contributed by atoms with E-state index in [2.05, 4.69) is 166 Å². The van der Waals surface area contributed by atoms with Gasteiger partial charge in [0.05, 0.1) is 27.7 Å². The molecule has 10 heteroatoms. The number of quaternary nitrogens is 1. The van der Waals surface area contributed by atoms with Crippen LogP contribution in [0, 0.1) is 0 Å². The van der Waals surface area contributed by atoms with Crippen molar-refractivity contribution in [3.63, 3.8) is 0 Å². The first-order chi connectivity index (χ1) is 34.0. The van der Waals surface area contributed by atoms with Gasteiger partial charge in [-0.2, -0.15) is 0 Å². The molecule has 70 heavy (non-hydrogen) atoms. The van der Waals surface area contributed by atoms with Gasteiger partial charge in [-0.1, -0.05) is 185 Å². The van der Waals surface area contributed by atoms with Crippen molar-refractivity contribution in [3.8, 4) is 0 Å². The van der Waals surface area contributed by atoms with E-state index in [1.54, 1.807) is 0 Å². The molecule has 0 aromatic heterocycles. The van der Waals surface area contributed by atoms with Crippen LogP contribution < -0.4 is 4.89 Å². The summed E-state index contributed by atoms with van der Waals surface area (Å²) < 4.78 is 33.9. The fourth-order valence-electron chi connectivity index (χ4n) is 6.06. The molecule has 0 rings (SSSR count). The van der Waals surface area contributed by atoms with E-state index in [1.807, 2.05) is 27.2 Å².